The molecule has 2 fully saturated rings. The average molecular weight is 561 g/mol. The van der Waals surface area contributed by atoms with Gasteiger partial charge in [-0.15, -0.1) is 0 Å². The van der Waals surface area contributed by atoms with Crippen molar-refractivity contribution in [1.29, 1.82) is 0 Å². The first kappa shape index (κ1) is 32.4. The van der Waals surface area contributed by atoms with Gasteiger partial charge in [0, 0.05) is 12.7 Å². The minimum atomic E-state index is -5.69. The van der Waals surface area contributed by atoms with E-state index in [9.17, 15) is 35.9 Å². The molecule has 6 nitrogen and oxygen atoms in total. The summed E-state index contributed by atoms with van der Waals surface area (Å²) in [5.41, 5.74) is -4.02. The second-order valence-corrected chi connectivity index (χ2v) is 10.8. The van der Waals surface area contributed by atoms with E-state index in [1.54, 1.807) is 6.92 Å². The Labute approximate surface area is 219 Å². The molecule has 0 radical (unpaired) electrons. The van der Waals surface area contributed by atoms with E-state index >= 15 is 0 Å². The summed E-state index contributed by atoms with van der Waals surface area (Å²) >= 11 is 0. The van der Waals surface area contributed by atoms with Crippen LogP contribution in [0.4, 0.5) is 26.3 Å². The number of methoxy groups -OCH3 is 1. The van der Waals surface area contributed by atoms with Crippen LogP contribution in [-0.4, -0.2) is 56.0 Å². The molecule has 2 saturated carbocycles. The van der Waals surface area contributed by atoms with Gasteiger partial charge in [0.1, 0.15) is 0 Å². The summed E-state index contributed by atoms with van der Waals surface area (Å²) < 4.78 is 101. The molecule has 38 heavy (non-hydrogen) atoms. The van der Waals surface area contributed by atoms with E-state index in [1.807, 2.05) is 0 Å². The van der Waals surface area contributed by atoms with Gasteiger partial charge in [-0.05, 0) is 77.0 Å². The molecule has 0 N–H and O–H groups in total. The number of hydrogen-bond acceptors (Lipinski definition) is 6. The molecule has 0 heterocycles. The molecule has 220 valence electrons. The normalized spacial score (nSPS) is 23.9. The van der Waals surface area contributed by atoms with Gasteiger partial charge in [-0.25, -0.2) is 4.79 Å². The maximum atomic E-state index is 13.6. The molecule has 2 bridgehead atoms. The Balaban J connectivity index is 1.74. The highest BCUT2D eigenvalue weighted by molar-refractivity contribution is 5.86. The van der Waals surface area contributed by atoms with Crippen LogP contribution < -0.4 is 0 Å². The van der Waals surface area contributed by atoms with Gasteiger partial charge in [-0.3, -0.25) is 4.79 Å². The number of carbonyl (C=O) groups is 2. The number of rotatable bonds is 14. The zero-order valence-corrected chi connectivity index (χ0v) is 22.3. The summed E-state index contributed by atoms with van der Waals surface area (Å²) in [6.07, 6.45) is -10.1. The largest absolute Gasteiger partial charge is 0.465 e. The van der Waals surface area contributed by atoms with Gasteiger partial charge in [0.05, 0.1) is 19.1 Å². The van der Waals surface area contributed by atoms with Gasteiger partial charge >= 0.3 is 24.3 Å². The summed E-state index contributed by atoms with van der Waals surface area (Å²) in [6.45, 7) is 7.44. The second kappa shape index (κ2) is 12.6. The maximum Gasteiger partial charge on any atom is 0.426 e. The second-order valence-electron chi connectivity index (χ2n) is 10.8. The maximum absolute atomic E-state index is 13.6. The first-order valence-corrected chi connectivity index (χ1v) is 12.8. The Morgan fingerprint density at radius 2 is 1.47 bits per heavy atom. The highest BCUT2D eigenvalue weighted by Crippen LogP contribution is 2.53. The Hall–Kier alpha value is -1.82. The molecule has 0 aliphatic heterocycles. The summed E-state index contributed by atoms with van der Waals surface area (Å²) in [7, 11) is 0.968. The van der Waals surface area contributed by atoms with Crippen LogP contribution in [0.2, 0.25) is 0 Å². The minimum Gasteiger partial charge on any atom is -0.465 e. The zero-order valence-electron chi connectivity index (χ0n) is 22.3. The fourth-order valence-electron chi connectivity index (χ4n) is 5.37. The average Bonchev–Trinajstić information content (AvgIpc) is 3.40. The fourth-order valence-corrected chi connectivity index (χ4v) is 5.37. The molecule has 0 aromatic rings. The molecule has 0 aromatic heterocycles. The lowest BCUT2D eigenvalue weighted by molar-refractivity contribution is -0.426. The van der Waals surface area contributed by atoms with E-state index in [2.05, 4.69) is 16.1 Å². The minimum absolute atomic E-state index is 0.0449. The molecule has 12 heteroatoms. The molecular weight excluding hydrogens is 522 g/mol. The molecular formula is C26H38F6O6. The van der Waals surface area contributed by atoms with Crippen molar-refractivity contribution in [2.45, 2.75) is 95.9 Å². The molecule has 2 rings (SSSR count). The van der Waals surface area contributed by atoms with Crippen LogP contribution in [0.25, 0.3) is 0 Å². The van der Waals surface area contributed by atoms with Crippen molar-refractivity contribution in [1.82, 2.24) is 0 Å². The molecule has 0 spiro atoms. The zero-order chi connectivity index (χ0) is 28.9. The van der Waals surface area contributed by atoms with Crippen LogP contribution >= 0.6 is 0 Å². The first-order chi connectivity index (χ1) is 17.4. The van der Waals surface area contributed by atoms with Crippen molar-refractivity contribution in [2.75, 3.05) is 20.3 Å². The Morgan fingerprint density at radius 3 is 1.97 bits per heavy atom. The van der Waals surface area contributed by atoms with Crippen LogP contribution in [0.3, 0.4) is 0 Å². The number of halogens is 6. The van der Waals surface area contributed by atoms with Crippen molar-refractivity contribution in [3.63, 3.8) is 0 Å². The predicted molar refractivity (Wildman–Crippen MR) is 125 cm³/mol. The summed E-state index contributed by atoms with van der Waals surface area (Å²) in [5.74, 6) is -2.50. The molecule has 4 atom stereocenters. The summed E-state index contributed by atoms with van der Waals surface area (Å²) in [6, 6.07) is 0. The van der Waals surface area contributed by atoms with Crippen LogP contribution in [-0.2, 0) is 28.5 Å². The van der Waals surface area contributed by atoms with E-state index in [4.69, 9.17) is 9.47 Å². The van der Waals surface area contributed by atoms with Crippen molar-refractivity contribution >= 4 is 11.9 Å². The van der Waals surface area contributed by atoms with Gasteiger partial charge in [0.25, 0.3) is 5.60 Å². The quantitative estimate of drug-likeness (QED) is 0.0792. The monoisotopic (exact) mass is 560 g/mol. The lowest BCUT2D eigenvalue weighted by atomic mass is 9.82. The van der Waals surface area contributed by atoms with Crippen LogP contribution in [0, 0.1) is 23.7 Å². The Morgan fingerprint density at radius 1 is 0.868 bits per heavy atom. The number of hydrogen-bond donors (Lipinski definition) is 0. The standard InChI is InChI=1S/C26H38F6O6/c1-16(2)21(33)37-15-19-13-18-12-17(19)14-20(18)22(34)36-11-9-7-6-8-10-24(25(27,28)29,26(30,31)32)38-23(3,4)35-5/h17-20H,1,6-15H2,2-5H3. The van der Waals surface area contributed by atoms with Gasteiger partial charge < -0.3 is 18.9 Å². The number of carbonyl (C=O) groups excluding carboxylic acids is 2. The highest BCUT2D eigenvalue weighted by atomic mass is 19.4. The number of unbranched alkanes of at least 4 members (excludes halogenated alkanes) is 3. The third-order valence-electron chi connectivity index (χ3n) is 7.58. The van der Waals surface area contributed by atoms with Gasteiger partial charge in [0.2, 0.25) is 0 Å². The fraction of sp³-hybridized carbons (Fsp3) is 0.846. The predicted octanol–water partition coefficient (Wildman–Crippen LogP) is 6.52. The highest BCUT2D eigenvalue weighted by Gasteiger charge is 2.73. The molecule has 0 aromatic carbocycles. The lowest BCUT2D eigenvalue weighted by Gasteiger charge is -2.42. The van der Waals surface area contributed by atoms with Crippen LogP contribution in [0.5, 0.6) is 0 Å². The van der Waals surface area contributed by atoms with Crippen LogP contribution in [0.1, 0.15) is 72.1 Å². The van der Waals surface area contributed by atoms with Crippen molar-refractivity contribution in [3.8, 4) is 0 Å². The topological polar surface area (TPSA) is 71.1 Å². The Bertz CT molecular complexity index is 823. The van der Waals surface area contributed by atoms with E-state index in [0.29, 0.717) is 31.4 Å². The summed E-state index contributed by atoms with van der Waals surface area (Å²) in [5, 5.41) is 0. The van der Waals surface area contributed by atoms with Crippen LogP contribution in [0.15, 0.2) is 12.2 Å². The Kier molecular flexibility index (Phi) is 10.7. The molecule has 2 aliphatic rings. The third kappa shape index (κ3) is 7.86. The van der Waals surface area contributed by atoms with E-state index in [1.165, 1.54) is 0 Å². The van der Waals surface area contributed by atoms with Gasteiger partial charge in [-0.1, -0.05) is 19.4 Å². The lowest BCUT2D eigenvalue weighted by Crippen LogP contribution is -2.62. The summed E-state index contributed by atoms with van der Waals surface area (Å²) in [4.78, 5) is 24.1. The number of esters is 2. The third-order valence-corrected chi connectivity index (χ3v) is 7.58. The first-order valence-electron chi connectivity index (χ1n) is 12.8. The van der Waals surface area contributed by atoms with E-state index < -0.39 is 42.6 Å². The number of ether oxygens (including phenoxy) is 4. The number of fused-ring (bicyclic) bond motifs is 2. The molecule has 0 amide bonds. The van der Waals surface area contributed by atoms with Gasteiger partial charge in [-0.2, -0.15) is 26.3 Å². The smallest absolute Gasteiger partial charge is 0.426 e. The van der Waals surface area contributed by atoms with Gasteiger partial charge in [0.15, 0.2) is 5.79 Å². The molecule has 0 saturated heterocycles. The van der Waals surface area contributed by atoms with Crippen molar-refractivity contribution in [3.05, 3.63) is 12.2 Å². The van der Waals surface area contributed by atoms with Crippen molar-refractivity contribution in [2.24, 2.45) is 23.7 Å². The SMILES string of the molecule is C=C(C)C(=O)OCC1CC2CC1CC2C(=O)OCCCCCCC(OC(C)(C)OC)(C(F)(F)F)C(F)(F)F. The molecule has 2 aliphatic carbocycles. The van der Waals surface area contributed by atoms with E-state index in [-0.39, 0.29) is 42.7 Å². The molecule has 4 unspecified atom stereocenters. The number of alkyl halides is 6. The van der Waals surface area contributed by atoms with Crippen molar-refractivity contribution < 1.29 is 54.9 Å². The van der Waals surface area contributed by atoms with E-state index in [0.717, 1.165) is 33.8 Å².